The molecule has 84 valence electrons. The maximum absolute atomic E-state index is 11.1. The molecule has 0 aliphatic heterocycles. The van der Waals surface area contributed by atoms with Crippen molar-refractivity contribution in [1.29, 1.82) is 0 Å². The van der Waals surface area contributed by atoms with Gasteiger partial charge in [0.05, 0.1) is 12.6 Å². The molecule has 0 saturated carbocycles. The Labute approximate surface area is 92.4 Å². The average Bonchev–Trinajstić information content (AvgIpc) is 2.26. The highest BCUT2D eigenvalue weighted by atomic mass is 32.2. The molecule has 0 aliphatic rings. The fraction of sp³-hybridized carbons (Fsp3) is 0.100. The Bertz CT molecular complexity index is 636. The monoisotopic (exact) mass is 239 g/mol. The van der Waals surface area contributed by atoms with E-state index in [0.717, 1.165) is 0 Å². The van der Waals surface area contributed by atoms with Crippen LogP contribution < -0.4 is 4.74 Å². The summed E-state index contributed by atoms with van der Waals surface area (Å²) in [7, 11) is -2.76. The normalized spacial score (nSPS) is 11.6. The molecule has 2 rings (SSSR count). The fourth-order valence-corrected chi connectivity index (χ4v) is 2.15. The number of pyridine rings is 1. The highest BCUT2D eigenvalue weighted by Crippen LogP contribution is 2.23. The quantitative estimate of drug-likeness (QED) is 0.803. The number of nitrogens with zero attached hydrogens (tertiary/aromatic N) is 1. The summed E-state index contributed by atoms with van der Waals surface area (Å²) in [5.74, 6) is 0.389. The van der Waals surface area contributed by atoms with Gasteiger partial charge in [-0.2, -0.15) is 8.42 Å². The second-order valence-electron chi connectivity index (χ2n) is 3.15. The Morgan fingerprint density at radius 3 is 2.62 bits per heavy atom. The first-order valence-corrected chi connectivity index (χ1v) is 5.87. The minimum atomic E-state index is -4.23. The van der Waals surface area contributed by atoms with Gasteiger partial charge in [-0.05, 0) is 18.2 Å². The molecule has 0 atom stereocenters. The average molecular weight is 239 g/mol. The van der Waals surface area contributed by atoms with Crippen LogP contribution >= 0.6 is 0 Å². The van der Waals surface area contributed by atoms with E-state index in [1.165, 1.54) is 25.3 Å². The van der Waals surface area contributed by atoms with Crippen molar-refractivity contribution in [3.8, 4) is 5.88 Å². The van der Waals surface area contributed by atoms with Crippen molar-refractivity contribution in [2.45, 2.75) is 4.90 Å². The van der Waals surface area contributed by atoms with Crippen LogP contribution in [0.2, 0.25) is 0 Å². The number of fused-ring (bicyclic) bond motifs is 1. The smallest absolute Gasteiger partial charge is 0.295 e. The van der Waals surface area contributed by atoms with Gasteiger partial charge in [-0.15, -0.1) is 0 Å². The molecule has 0 saturated heterocycles. The lowest BCUT2D eigenvalue weighted by Crippen LogP contribution is -1.99. The van der Waals surface area contributed by atoms with Crippen LogP contribution in [0.3, 0.4) is 0 Å². The van der Waals surface area contributed by atoms with Crippen LogP contribution in [-0.4, -0.2) is 25.1 Å². The highest BCUT2D eigenvalue weighted by molar-refractivity contribution is 7.86. The third-order valence-electron chi connectivity index (χ3n) is 2.15. The maximum atomic E-state index is 11.1. The molecular weight excluding hydrogens is 230 g/mol. The van der Waals surface area contributed by atoms with Gasteiger partial charge in [-0.1, -0.05) is 6.07 Å². The van der Waals surface area contributed by atoms with Gasteiger partial charge in [0.2, 0.25) is 5.88 Å². The molecule has 0 amide bonds. The Balaban J connectivity index is 2.80. The van der Waals surface area contributed by atoms with E-state index in [4.69, 9.17) is 9.29 Å². The summed E-state index contributed by atoms with van der Waals surface area (Å²) in [6.07, 6.45) is 0. The fourth-order valence-electron chi connectivity index (χ4n) is 1.45. The van der Waals surface area contributed by atoms with Crippen molar-refractivity contribution in [1.82, 2.24) is 4.98 Å². The summed E-state index contributed by atoms with van der Waals surface area (Å²) >= 11 is 0. The molecule has 0 aliphatic carbocycles. The standard InChI is InChI=1S/C10H9NO4S/c1-15-10-6-5-7-8(11-10)3-2-4-9(7)16(12,13)14/h2-6H,1H3,(H,12,13,14). The maximum Gasteiger partial charge on any atom is 0.295 e. The van der Waals surface area contributed by atoms with Crippen LogP contribution in [0, 0.1) is 0 Å². The minimum Gasteiger partial charge on any atom is -0.481 e. The molecular formula is C10H9NO4S. The van der Waals surface area contributed by atoms with E-state index < -0.39 is 10.1 Å². The van der Waals surface area contributed by atoms with Crippen LogP contribution in [0.25, 0.3) is 10.9 Å². The zero-order chi connectivity index (χ0) is 11.8. The van der Waals surface area contributed by atoms with Crippen molar-refractivity contribution < 1.29 is 17.7 Å². The first-order chi connectivity index (χ1) is 7.52. The van der Waals surface area contributed by atoms with Crippen LogP contribution in [0.1, 0.15) is 0 Å². The van der Waals surface area contributed by atoms with E-state index in [1.54, 1.807) is 12.1 Å². The van der Waals surface area contributed by atoms with E-state index in [1.807, 2.05) is 0 Å². The van der Waals surface area contributed by atoms with Gasteiger partial charge < -0.3 is 4.74 Å². The van der Waals surface area contributed by atoms with E-state index in [2.05, 4.69) is 4.98 Å². The summed E-state index contributed by atoms with van der Waals surface area (Å²) in [4.78, 5) is 3.92. The number of hydrogen-bond acceptors (Lipinski definition) is 4. The lowest BCUT2D eigenvalue weighted by molar-refractivity contribution is 0.399. The molecule has 1 aromatic carbocycles. The zero-order valence-electron chi connectivity index (χ0n) is 8.41. The van der Waals surface area contributed by atoms with E-state index >= 15 is 0 Å². The number of rotatable bonds is 2. The van der Waals surface area contributed by atoms with Gasteiger partial charge in [0.25, 0.3) is 10.1 Å². The first kappa shape index (κ1) is 10.8. The Hall–Kier alpha value is -1.66. The first-order valence-electron chi connectivity index (χ1n) is 4.43. The number of benzene rings is 1. The lowest BCUT2D eigenvalue weighted by atomic mass is 10.2. The molecule has 1 N–H and O–H groups in total. The number of aromatic nitrogens is 1. The lowest BCUT2D eigenvalue weighted by Gasteiger charge is -2.04. The summed E-state index contributed by atoms with van der Waals surface area (Å²) in [6.45, 7) is 0. The van der Waals surface area contributed by atoms with Crippen LogP contribution in [0.4, 0.5) is 0 Å². The molecule has 0 radical (unpaired) electrons. The van der Waals surface area contributed by atoms with Crippen molar-refractivity contribution in [3.05, 3.63) is 30.3 Å². The Morgan fingerprint density at radius 2 is 2.00 bits per heavy atom. The predicted octanol–water partition coefficient (Wildman–Crippen LogP) is 1.49. The molecule has 0 spiro atoms. The zero-order valence-corrected chi connectivity index (χ0v) is 9.23. The van der Waals surface area contributed by atoms with Gasteiger partial charge >= 0.3 is 0 Å². The van der Waals surface area contributed by atoms with Gasteiger partial charge in [-0.25, -0.2) is 4.98 Å². The van der Waals surface area contributed by atoms with Gasteiger partial charge in [0.15, 0.2) is 0 Å². The molecule has 1 heterocycles. The summed E-state index contributed by atoms with van der Waals surface area (Å²) in [6, 6.07) is 7.57. The summed E-state index contributed by atoms with van der Waals surface area (Å²) in [5.41, 5.74) is 0.453. The molecule has 6 heteroatoms. The largest absolute Gasteiger partial charge is 0.481 e. The molecule has 0 unspecified atom stereocenters. The molecule has 1 aromatic heterocycles. The molecule has 2 aromatic rings. The van der Waals surface area contributed by atoms with Gasteiger partial charge in [-0.3, -0.25) is 4.55 Å². The second-order valence-corrected chi connectivity index (χ2v) is 4.54. The van der Waals surface area contributed by atoms with Crippen molar-refractivity contribution in [2.24, 2.45) is 0 Å². The topological polar surface area (TPSA) is 76.5 Å². The van der Waals surface area contributed by atoms with E-state index in [-0.39, 0.29) is 4.90 Å². The molecule has 0 fully saturated rings. The van der Waals surface area contributed by atoms with E-state index in [9.17, 15) is 8.42 Å². The second kappa shape index (κ2) is 3.73. The van der Waals surface area contributed by atoms with Gasteiger partial charge in [0.1, 0.15) is 4.90 Å². The van der Waals surface area contributed by atoms with Gasteiger partial charge in [0, 0.05) is 11.5 Å². The highest BCUT2D eigenvalue weighted by Gasteiger charge is 2.14. The number of methoxy groups -OCH3 is 1. The summed E-state index contributed by atoms with van der Waals surface area (Å²) < 4.78 is 36.1. The molecule has 5 nitrogen and oxygen atoms in total. The third-order valence-corrected chi connectivity index (χ3v) is 3.07. The summed E-state index contributed by atoms with van der Waals surface area (Å²) in [5, 5.41) is 0.366. The van der Waals surface area contributed by atoms with Crippen LogP contribution in [0.5, 0.6) is 5.88 Å². The van der Waals surface area contributed by atoms with Crippen molar-refractivity contribution >= 4 is 21.0 Å². The van der Waals surface area contributed by atoms with Crippen molar-refractivity contribution in [3.63, 3.8) is 0 Å². The number of ether oxygens (including phenoxy) is 1. The Kier molecular flexibility index (Phi) is 2.53. The number of hydrogen-bond donors (Lipinski definition) is 1. The third kappa shape index (κ3) is 1.84. The van der Waals surface area contributed by atoms with Crippen LogP contribution in [0.15, 0.2) is 35.2 Å². The van der Waals surface area contributed by atoms with Crippen LogP contribution in [-0.2, 0) is 10.1 Å². The van der Waals surface area contributed by atoms with E-state index in [0.29, 0.717) is 16.8 Å². The van der Waals surface area contributed by atoms with Crippen molar-refractivity contribution in [2.75, 3.05) is 7.11 Å². The Morgan fingerprint density at radius 1 is 1.25 bits per heavy atom. The molecule has 16 heavy (non-hydrogen) atoms. The minimum absolute atomic E-state index is 0.153. The predicted molar refractivity (Wildman–Crippen MR) is 58.1 cm³/mol. The molecule has 0 bridgehead atoms. The SMILES string of the molecule is COc1ccc2c(S(=O)(=O)O)cccc2n1.